The van der Waals surface area contributed by atoms with E-state index in [0.29, 0.717) is 11.2 Å². The smallest absolute Gasteiger partial charge is 0.256 e. The summed E-state index contributed by atoms with van der Waals surface area (Å²) in [5.74, 6) is -0.131. The number of rotatable bonds is 5. The summed E-state index contributed by atoms with van der Waals surface area (Å²) in [4.78, 5) is 17.3. The van der Waals surface area contributed by atoms with Gasteiger partial charge in [-0.2, -0.15) is 5.10 Å². The molecule has 0 spiro atoms. The summed E-state index contributed by atoms with van der Waals surface area (Å²) in [5.41, 5.74) is 4.20. The highest BCUT2D eigenvalue weighted by Gasteiger charge is 2.25. The van der Waals surface area contributed by atoms with Crippen molar-refractivity contribution >= 4 is 11.6 Å². The molecule has 0 aliphatic carbocycles. The minimum Gasteiger partial charge on any atom is -0.349 e. The molecule has 0 aliphatic heterocycles. The van der Waals surface area contributed by atoms with Gasteiger partial charge in [-0.15, -0.1) is 0 Å². The van der Waals surface area contributed by atoms with Gasteiger partial charge in [0.2, 0.25) is 0 Å². The zero-order valence-corrected chi connectivity index (χ0v) is 16.1. The molecule has 3 aromatic rings. The Morgan fingerprint density at radius 3 is 2.62 bits per heavy atom. The fraction of sp³-hybridized carbons (Fsp3) is 0.381. The highest BCUT2D eigenvalue weighted by molar-refractivity contribution is 5.99. The van der Waals surface area contributed by atoms with Crippen molar-refractivity contribution in [3.8, 4) is 0 Å². The predicted molar refractivity (Wildman–Crippen MR) is 103 cm³/mol. The molecule has 136 valence electrons. The maximum atomic E-state index is 12.8. The lowest BCUT2D eigenvalue weighted by molar-refractivity contribution is 0.0936. The van der Waals surface area contributed by atoms with E-state index in [4.69, 9.17) is 0 Å². The van der Waals surface area contributed by atoms with Gasteiger partial charge >= 0.3 is 0 Å². The molecule has 3 rings (SSSR count). The third-order valence-electron chi connectivity index (χ3n) is 4.77. The number of nitrogens with zero attached hydrogens (tertiary/aromatic N) is 3. The molecule has 1 N–H and O–H groups in total. The Morgan fingerprint density at radius 1 is 1.23 bits per heavy atom. The number of carbonyl (C=O) groups is 1. The van der Waals surface area contributed by atoms with Crippen LogP contribution in [-0.2, 0) is 5.41 Å². The summed E-state index contributed by atoms with van der Waals surface area (Å²) in [5, 5.41) is 7.41. The van der Waals surface area contributed by atoms with Gasteiger partial charge in [0, 0.05) is 17.4 Å². The van der Waals surface area contributed by atoms with Crippen LogP contribution in [0.5, 0.6) is 0 Å². The zero-order chi connectivity index (χ0) is 18.9. The highest BCUT2D eigenvalue weighted by atomic mass is 16.1. The van der Waals surface area contributed by atoms with Crippen molar-refractivity contribution in [3.63, 3.8) is 0 Å². The van der Waals surface area contributed by atoms with Gasteiger partial charge in [-0.3, -0.25) is 4.79 Å². The van der Waals surface area contributed by atoms with Crippen molar-refractivity contribution < 1.29 is 4.79 Å². The van der Waals surface area contributed by atoms with Crippen molar-refractivity contribution in [3.05, 3.63) is 65.1 Å². The average Bonchev–Trinajstić information content (AvgIpc) is 2.99. The quantitative estimate of drug-likeness (QED) is 0.761. The van der Waals surface area contributed by atoms with Crippen LogP contribution in [-0.4, -0.2) is 26.5 Å². The fourth-order valence-corrected chi connectivity index (χ4v) is 3.56. The molecule has 2 heterocycles. The summed E-state index contributed by atoms with van der Waals surface area (Å²) in [6.07, 6.45) is 2.44. The predicted octanol–water partition coefficient (Wildman–Crippen LogP) is 3.83. The maximum Gasteiger partial charge on any atom is 0.256 e. The van der Waals surface area contributed by atoms with Crippen LogP contribution in [0.25, 0.3) is 5.65 Å². The molecule has 1 aromatic carbocycles. The summed E-state index contributed by atoms with van der Waals surface area (Å²) in [6, 6.07) is 12.4. The van der Waals surface area contributed by atoms with Crippen LogP contribution in [0.1, 0.15) is 54.5 Å². The third kappa shape index (κ3) is 3.62. The molecule has 5 heteroatoms. The van der Waals surface area contributed by atoms with Gasteiger partial charge in [-0.1, -0.05) is 44.2 Å². The van der Waals surface area contributed by atoms with Gasteiger partial charge in [0.05, 0.1) is 6.20 Å². The molecule has 0 aliphatic rings. The molecular weight excluding hydrogens is 324 g/mol. The Morgan fingerprint density at radius 2 is 1.92 bits per heavy atom. The Bertz CT molecular complexity index is 928. The number of carbonyl (C=O) groups excluding carboxylic acids is 1. The van der Waals surface area contributed by atoms with Crippen LogP contribution < -0.4 is 5.32 Å². The molecule has 0 saturated carbocycles. The van der Waals surface area contributed by atoms with Gasteiger partial charge in [0.1, 0.15) is 5.56 Å². The molecule has 0 saturated heterocycles. The Kier molecular flexibility index (Phi) is 4.81. The van der Waals surface area contributed by atoms with Crippen molar-refractivity contribution in [2.45, 2.75) is 52.5 Å². The van der Waals surface area contributed by atoms with E-state index >= 15 is 0 Å². The second-order valence-electron chi connectivity index (χ2n) is 7.66. The summed E-state index contributed by atoms with van der Waals surface area (Å²) in [6.45, 7) is 10.3. The van der Waals surface area contributed by atoms with Crippen LogP contribution in [0, 0.1) is 13.8 Å². The number of fused-ring (bicyclic) bond motifs is 1. The molecule has 1 unspecified atom stereocenters. The number of aromatic nitrogens is 3. The van der Waals surface area contributed by atoms with E-state index in [1.54, 1.807) is 10.7 Å². The van der Waals surface area contributed by atoms with Crippen molar-refractivity contribution in [1.29, 1.82) is 0 Å². The fourth-order valence-electron chi connectivity index (χ4n) is 3.56. The minimum atomic E-state index is -0.131. The van der Waals surface area contributed by atoms with Gasteiger partial charge in [0.15, 0.2) is 5.65 Å². The third-order valence-corrected chi connectivity index (χ3v) is 4.77. The van der Waals surface area contributed by atoms with E-state index in [1.807, 2.05) is 32.9 Å². The summed E-state index contributed by atoms with van der Waals surface area (Å²) < 4.78 is 1.71. The first-order valence-electron chi connectivity index (χ1n) is 8.96. The van der Waals surface area contributed by atoms with Crippen LogP contribution in [0.4, 0.5) is 0 Å². The molecule has 5 nitrogen and oxygen atoms in total. The Labute approximate surface area is 154 Å². The second kappa shape index (κ2) is 6.90. The van der Waals surface area contributed by atoms with E-state index in [0.717, 1.165) is 17.8 Å². The number of amides is 1. The summed E-state index contributed by atoms with van der Waals surface area (Å²) >= 11 is 0. The van der Waals surface area contributed by atoms with Crippen LogP contribution in [0.15, 0.2) is 42.6 Å². The van der Waals surface area contributed by atoms with Gasteiger partial charge < -0.3 is 5.32 Å². The van der Waals surface area contributed by atoms with Gasteiger partial charge in [-0.25, -0.2) is 9.50 Å². The maximum absolute atomic E-state index is 12.8. The second-order valence-corrected chi connectivity index (χ2v) is 7.66. The summed E-state index contributed by atoms with van der Waals surface area (Å²) in [7, 11) is 0. The number of hydrogen-bond donors (Lipinski definition) is 1. The normalized spacial score (nSPS) is 13.0. The van der Waals surface area contributed by atoms with E-state index in [1.165, 1.54) is 5.56 Å². The molecule has 0 fully saturated rings. The molecule has 2 aromatic heterocycles. The number of benzene rings is 1. The van der Waals surface area contributed by atoms with Crippen molar-refractivity contribution in [2.75, 3.05) is 0 Å². The first-order chi connectivity index (χ1) is 12.3. The Hall–Kier alpha value is -2.69. The monoisotopic (exact) mass is 350 g/mol. The SMILES string of the molecule is Cc1cc(C)n2ncc(C(=O)NC(C)CC(C)(C)c3ccccc3)c2n1. The van der Waals surface area contributed by atoms with Crippen molar-refractivity contribution in [1.82, 2.24) is 19.9 Å². The van der Waals surface area contributed by atoms with Gasteiger partial charge in [-0.05, 0) is 44.2 Å². The van der Waals surface area contributed by atoms with Crippen molar-refractivity contribution in [2.24, 2.45) is 0 Å². The highest BCUT2D eigenvalue weighted by Crippen LogP contribution is 2.28. The first-order valence-corrected chi connectivity index (χ1v) is 8.96. The number of hydrogen-bond acceptors (Lipinski definition) is 3. The minimum absolute atomic E-state index is 0.0264. The van der Waals surface area contributed by atoms with Crippen LogP contribution >= 0.6 is 0 Å². The lowest BCUT2D eigenvalue weighted by Gasteiger charge is -2.29. The van der Waals surface area contributed by atoms with E-state index in [2.05, 4.69) is 53.5 Å². The van der Waals surface area contributed by atoms with Crippen LogP contribution in [0.3, 0.4) is 0 Å². The largest absolute Gasteiger partial charge is 0.349 e. The van der Waals surface area contributed by atoms with Crippen LogP contribution in [0.2, 0.25) is 0 Å². The molecule has 1 atom stereocenters. The molecule has 0 radical (unpaired) electrons. The zero-order valence-electron chi connectivity index (χ0n) is 16.1. The van der Waals surface area contributed by atoms with Gasteiger partial charge in [0.25, 0.3) is 5.91 Å². The average molecular weight is 350 g/mol. The lowest BCUT2D eigenvalue weighted by Crippen LogP contribution is -2.37. The molecule has 0 bridgehead atoms. The lowest BCUT2D eigenvalue weighted by atomic mass is 9.79. The molecule has 26 heavy (non-hydrogen) atoms. The van der Waals surface area contributed by atoms with E-state index in [-0.39, 0.29) is 17.4 Å². The number of aryl methyl sites for hydroxylation is 2. The Balaban J connectivity index is 1.76. The molecule has 1 amide bonds. The topological polar surface area (TPSA) is 59.3 Å². The first kappa shape index (κ1) is 18.1. The number of nitrogens with one attached hydrogen (secondary N) is 1. The standard InChI is InChI=1S/C21H26N4O/c1-14-11-16(3)25-19(23-14)18(13-22-25)20(26)24-15(2)12-21(4,5)17-9-7-6-8-10-17/h6-11,13,15H,12H2,1-5H3,(H,24,26). The molecular formula is C21H26N4O. The van der Waals surface area contributed by atoms with E-state index in [9.17, 15) is 4.79 Å². The van der Waals surface area contributed by atoms with E-state index < -0.39 is 0 Å².